The molecular formula is C24H13F3O5. The van der Waals surface area contributed by atoms with Crippen LogP contribution in [0.15, 0.2) is 64.0 Å². The van der Waals surface area contributed by atoms with Crippen molar-refractivity contribution in [1.82, 2.24) is 0 Å². The second kappa shape index (κ2) is 7.26. The first-order valence-corrected chi connectivity index (χ1v) is 9.56. The number of fused-ring (bicyclic) bond motifs is 3. The molecule has 5 nitrogen and oxygen atoms in total. The van der Waals surface area contributed by atoms with Gasteiger partial charge in [0.1, 0.15) is 23.3 Å². The van der Waals surface area contributed by atoms with E-state index in [-0.39, 0.29) is 51.0 Å². The highest BCUT2D eigenvalue weighted by Crippen LogP contribution is 2.43. The van der Waals surface area contributed by atoms with Gasteiger partial charge in [0.15, 0.2) is 17.5 Å². The molecule has 0 aliphatic carbocycles. The van der Waals surface area contributed by atoms with Gasteiger partial charge >= 0.3 is 5.97 Å². The van der Waals surface area contributed by atoms with Crippen LogP contribution in [0, 0.1) is 17.5 Å². The Morgan fingerprint density at radius 1 is 0.938 bits per heavy atom. The molecule has 1 N–H and O–H groups in total. The van der Waals surface area contributed by atoms with Crippen LogP contribution < -0.4 is 10.2 Å². The molecule has 8 heteroatoms. The van der Waals surface area contributed by atoms with Crippen molar-refractivity contribution in [3.05, 3.63) is 93.6 Å². The Labute approximate surface area is 178 Å². The lowest BCUT2D eigenvalue weighted by molar-refractivity contribution is -0.135. The van der Waals surface area contributed by atoms with E-state index in [1.54, 1.807) is 12.1 Å². The first-order valence-electron chi connectivity index (χ1n) is 9.56. The fourth-order valence-corrected chi connectivity index (χ4v) is 3.96. The third-order valence-electron chi connectivity index (χ3n) is 5.47. The molecule has 1 aliphatic heterocycles. The van der Waals surface area contributed by atoms with Crippen molar-refractivity contribution in [1.29, 1.82) is 0 Å². The van der Waals surface area contributed by atoms with Crippen LogP contribution in [0.5, 0.6) is 11.5 Å². The van der Waals surface area contributed by atoms with E-state index >= 15 is 0 Å². The van der Waals surface area contributed by atoms with Crippen LogP contribution in [0.2, 0.25) is 0 Å². The SMILES string of the molecule is O=C1C[C@H](c2cc(F)c(F)c(F)c2)c2c(ccc3c(=O)c(-c4ccc(O)cc4)coc23)O1. The molecule has 0 fully saturated rings. The molecule has 160 valence electrons. The van der Waals surface area contributed by atoms with E-state index in [0.29, 0.717) is 5.56 Å². The normalized spacial score (nSPS) is 15.5. The molecule has 0 amide bonds. The van der Waals surface area contributed by atoms with Crippen LogP contribution in [0.4, 0.5) is 13.2 Å². The number of benzene rings is 3. The topological polar surface area (TPSA) is 76.7 Å². The second-order valence-corrected chi connectivity index (χ2v) is 7.41. The van der Waals surface area contributed by atoms with Crippen molar-refractivity contribution in [2.45, 2.75) is 12.3 Å². The Hall–Kier alpha value is -4.07. The maximum Gasteiger partial charge on any atom is 0.312 e. The third kappa shape index (κ3) is 3.11. The maximum atomic E-state index is 13.9. The third-order valence-corrected chi connectivity index (χ3v) is 5.47. The molecule has 0 unspecified atom stereocenters. The molecule has 32 heavy (non-hydrogen) atoms. The van der Waals surface area contributed by atoms with Gasteiger partial charge in [0, 0.05) is 11.5 Å². The highest BCUT2D eigenvalue weighted by molar-refractivity contribution is 5.90. The van der Waals surface area contributed by atoms with Crippen molar-refractivity contribution in [3.63, 3.8) is 0 Å². The number of phenolic OH excluding ortho intramolecular Hbond substituents is 1. The predicted molar refractivity (Wildman–Crippen MR) is 108 cm³/mol. The maximum absolute atomic E-state index is 13.9. The van der Waals surface area contributed by atoms with Crippen LogP contribution in [0.1, 0.15) is 23.5 Å². The lowest BCUT2D eigenvalue weighted by Crippen LogP contribution is -2.22. The lowest BCUT2D eigenvalue weighted by atomic mass is 9.85. The number of hydrogen-bond donors (Lipinski definition) is 1. The van der Waals surface area contributed by atoms with Gasteiger partial charge in [-0.05, 0) is 47.5 Å². The summed E-state index contributed by atoms with van der Waals surface area (Å²) in [5, 5.41) is 9.64. The smallest absolute Gasteiger partial charge is 0.312 e. The highest BCUT2D eigenvalue weighted by atomic mass is 19.2. The van der Waals surface area contributed by atoms with Crippen molar-refractivity contribution in [2.24, 2.45) is 0 Å². The number of ether oxygens (including phenoxy) is 1. The summed E-state index contributed by atoms with van der Waals surface area (Å²) in [6, 6.07) is 10.4. The number of esters is 1. The Balaban J connectivity index is 1.74. The number of hydrogen-bond acceptors (Lipinski definition) is 5. The number of phenols is 1. The molecule has 0 saturated heterocycles. The Kier molecular flexibility index (Phi) is 4.51. The second-order valence-electron chi connectivity index (χ2n) is 7.41. The molecule has 0 radical (unpaired) electrons. The molecule has 3 aromatic carbocycles. The van der Waals surface area contributed by atoms with Crippen LogP contribution in [-0.2, 0) is 4.79 Å². The molecule has 5 rings (SSSR count). The summed E-state index contributed by atoms with van der Waals surface area (Å²) < 4.78 is 52.3. The van der Waals surface area contributed by atoms with Crippen molar-refractivity contribution < 1.29 is 32.2 Å². The molecule has 1 aliphatic rings. The quantitative estimate of drug-likeness (QED) is 0.270. The van der Waals surface area contributed by atoms with Gasteiger partial charge in [-0.1, -0.05) is 12.1 Å². The number of halogens is 3. The molecule has 4 aromatic rings. The molecule has 0 bridgehead atoms. The fourth-order valence-electron chi connectivity index (χ4n) is 3.96. The van der Waals surface area contributed by atoms with Crippen LogP contribution in [0.25, 0.3) is 22.1 Å². The number of carbonyl (C=O) groups excluding carboxylic acids is 1. The average Bonchev–Trinajstić information content (AvgIpc) is 2.77. The summed E-state index contributed by atoms with van der Waals surface area (Å²) in [6.07, 6.45) is 0.955. The zero-order chi connectivity index (χ0) is 22.6. The minimum absolute atomic E-state index is 0.0112. The first kappa shape index (κ1) is 19.9. The molecule has 2 heterocycles. The molecule has 1 atom stereocenters. The number of carbonyl (C=O) groups is 1. The predicted octanol–water partition coefficient (Wildman–Crippen LogP) is 5.02. The highest BCUT2D eigenvalue weighted by Gasteiger charge is 2.33. The van der Waals surface area contributed by atoms with Crippen molar-refractivity contribution in [3.8, 4) is 22.6 Å². The van der Waals surface area contributed by atoms with E-state index < -0.39 is 29.3 Å². The summed E-state index contributed by atoms with van der Waals surface area (Å²) >= 11 is 0. The van der Waals surface area contributed by atoms with E-state index in [4.69, 9.17) is 9.15 Å². The largest absolute Gasteiger partial charge is 0.508 e. The summed E-state index contributed by atoms with van der Waals surface area (Å²) in [6.45, 7) is 0. The Bertz CT molecular complexity index is 1430. The fraction of sp³-hybridized carbons (Fsp3) is 0.0833. The van der Waals surface area contributed by atoms with E-state index in [1.807, 2.05) is 0 Å². The first-order chi connectivity index (χ1) is 15.3. The van der Waals surface area contributed by atoms with E-state index in [2.05, 4.69) is 0 Å². The van der Waals surface area contributed by atoms with E-state index in [0.717, 1.165) is 12.1 Å². The van der Waals surface area contributed by atoms with Crippen molar-refractivity contribution in [2.75, 3.05) is 0 Å². The summed E-state index contributed by atoms with van der Waals surface area (Å²) in [5.74, 6) is -5.83. The number of aromatic hydroxyl groups is 1. The van der Waals surface area contributed by atoms with E-state index in [9.17, 15) is 27.9 Å². The minimum atomic E-state index is -1.62. The van der Waals surface area contributed by atoms with Gasteiger partial charge in [-0.25, -0.2) is 13.2 Å². The van der Waals surface area contributed by atoms with Crippen molar-refractivity contribution >= 4 is 16.9 Å². The van der Waals surface area contributed by atoms with Gasteiger partial charge < -0.3 is 14.3 Å². The monoisotopic (exact) mass is 438 g/mol. The summed E-state index contributed by atoms with van der Waals surface area (Å²) in [7, 11) is 0. The zero-order valence-electron chi connectivity index (χ0n) is 16.2. The van der Waals surface area contributed by atoms with Gasteiger partial charge in [-0.3, -0.25) is 9.59 Å². The number of rotatable bonds is 2. The minimum Gasteiger partial charge on any atom is -0.508 e. The molecule has 0 spiro atoms. The molecule has 0 saturated carbocycles. The molecular weight excluding hydrogens is 425 g/mol. The van der Waals surface area contributed by atoms with Crippen LogP contribution in [0.3, 0.4) is 0 Å². The Morgan fingerprint density at radius 3 is 2.31 bits per heavy atom. The Morgan fingerprint density at radius 2 is 1.62 bits per heavy atom. The zero-order valence-corrected chi connectivity index (χ0v) is 16.2. The van der Waals surface area contributed by atoms with Gasteiger partial charge in [0.05, 0.1) is 17.4 Å². The van der Waals surface area contributed by atoms with Gasteiger partial charge in [-0.15, -0.1) is 0 Å². The van der Waals surface area contributed by atoms with Gasteiger partial charge in [-0.2, -0.15) is 0 Å². The summed E-state index contributed by atoms with van der Waals surface area (Å²) in [4.78, 5) is 25.3. The van der Waals surface area contributed by atoms with Gasteiger partial charge in [0.2, 0.25) is 5.43 Å². The van der Waals surface area contributed by atoms with E-state index in [1.165, 1.54) is 30.5 Å². The lowest BCUT2D eigenvalue weighted by Gasteiger charge is -2.25. The standard InChI is InChI=1S/C24H13F3O5/c25-17-7-12(8-18(26)22(17)27)15-9-20(29)32-19-6-5-14-23(30)16(10-31-24(14)21(15)19)11-1-3-13(28)4-2-11/h1-8,10,15,28H,9H2/t15-/m1/s1. The van der Waals surface area contributed by atoms with Crippen LogP contribution in [-0.4, -0.2) is 11.1 Å². The van der Waals surface area contributed by atoms with Gasteiger partial charge in [0.25, 0.3) is 0 Å². The van der Waals surface area contributed by atoms with Crippen LogP contribution >= 0.6 is 0 Å². The average molecular weight is 438 g/mol. The summed E-state index contributed by atoms with van der Waals surface area (Å²) in [5.41, 5.74) is 0.742. The molecule has 1 aromatic heterocycles.